The van der Waals surface area contributed by atoms with Crippen LogP contribution < -0.4 is 5.32 Å². The molecule has 5 heteroatoms. The van der Waals surface area contributed by atoms with Crippen molar-refractivity contribution in [1.29, 1.82) is 0 Å². The van der Waals surface area contributed by atoms with E-state index in [1.165, 1.54) is 0 Å². The predicted molar refractivity (Wildman–Crippen MR) is 72.8 cm³/mol. The summed E-state index contributed by atoms with van der Waals surface area (Å²) in [6, 6.07) is 1.95. The molecule has 0 bridgehead atoms. The number of hydrogen-bond donors (Lipinski definition) is 1. The lowest BCUT2D eigenvalue weighted by Crippen LogP contribution is -2.51. The van der Waals surface area contributed by atoms with Crippen molar-refractivity contribution in [1.82, 2.24) is 10.2 Å². The second kappa shape index (κ2) is 4.96. The van der Waals surface area contributed by atoms with Crippen molar-refractivity contribution in [3.63, 3.8) is 0 Å². The lowest BCUT2D eigenvalue weighted by molar-refractivity contribution is -0.144. The molecule has 1 unspecified atom stereocenters. The molecule has 108 valence electrons. The number of hydrogen-bond acceptors (Lipinski definition) is 3. The Hall–Kier alpha value is -1.78. The second-order valence-corrected chi connectivity index (χ2v) is 6.04. The molecule has 1 aromatic rings. The lowest BCUT2D eigenvalue weighted by atomic mass is 9.81. The molecule has 1 aromatic heterocycles. The zero-order valence-corrected chi connectivity index (χ0v) is 11.8. The average Bonchev–Trinajstić information content (AvgIpc) is 2.79. The average molecular weight is 276 g/mol. The van der Waals surface area contributed by atoms with E-state index >= 15 is 0 Å². The second-order valence-electron chi connectivity index (χ2n) is 6.04. The minimum Gasteiger partial charge on any atom is -0.469 e. The molecule has 1 atom stereocenters. The van der Waals surface area contributed by atoms with Crippen LogP contribution in [0.3, 0.4) is 0 Å². The van der Waals surface area contributed by atoms with E-state index in [0.29, 0.717) is 25.9 Å². The van der Waals surface area contributed by atoms with E-state index in [1.807, 2.05) is 17.9 Å². The maximum atomic E-state index is 12.8. The molecule has 1 saturated heterocycles. The monoisotopic (exact) mass is 276 g/mol. The summed E-state index contributed by atoms with van der Waals surface area (Å²) in [7, 11) is 0. The summed E-state index contributed by atoms with van der Waals surface area (Å²) in [6.45, 7) is 3.77. The van der Waals surface area contributed by atoms with Gasteiger partial charge in [-0.05, 0) is 25.8 Å². The van der Waals surface area contributed by atoms with Gasteiger partial charge in [0.1, 0.15) is 5.76 Å². The first kappa shape index (κ1) is 13.2. The fourth-order valence-electron chi connectivity index (χ4n) is 3.04. The number of rotatable bonds is 1. The predicted octanol–water partition coefficient (Wildman–Crippen LogP) is 1.47. The molecular formula is C15H20N2O3. The number of piperidine rings is 1. The van der Waals surface area contributed by atoms with Gasteiger partial charge in [-0.3, -0.25) is 9.59 Å². The summed E-state index contributed by atoms with van der Waals surface area (Å²) in [5, 5.41) is 2.82. The van der Waals surface area contributed by atoms with Gasteiger partial charge < -0.3 is 14.6 Å². The highest BCUT2D eigenvalue weighted by molar-refractivity contribution is 5.86. The first-order valence-electron chi connectivity index (χ1n) is 7.20. The van der Waals surface area contributed by atoms with Crippen LogP contribution in [0.1, 0.15) is 37.5 Å². The standard InChI is InChI=1S/C15H20N2O3/c1-15(6-4-13(18)16-10-15)14(19)17-7-2-3-12-11(9-17)5-8-20-12/h5,8H,2-4,6-7,9-10H2,1H3,(H,16,18). The number of fused-ring (bicyclic) bond motifs is 1. The fraction of sp³-hybridized carbons (Fsp3) is 0.600. The SMILES string of the molecule is CC1(C(=O)N2CCCc3occc3C2)CCC(=O)NC1. The molecule has 0 saturated carbocycles. The Morgan fingerprint density at radius 2 is 2.30 bits per heavy atom. The van der Waals surface area contributed by atoms with Crippen LogP contribution >= 0.6 is 0 Å². The summed E-state index contributed by atoms with van der Waals surface area (Å²) in [5.74, 6) is 1.19. The summed E-state index contributed by atoms with van der Waals surface area (Å²) in [4.78, 5) is 26.0. The molecule has 2 aliphatic heterocycles. The fourth-order valence-corrected chi connectivity index (χ4v) is 3.04. The smallest absolute Gasteiger partial charge is 0.230 e. The Labute approximate surface area is 118 Å². The maximum Gasteiger partial charge on any atom is 0.230 e. The number of carbonyl (C=O) groups excluding carboxylic acids is 2. The lowest BCUT2D eigenvalue weighted by Gasteiger charge is -2.36. The molecule has 20 heavy (non-hydrogen) atoms. The minimum absolute atomic E-state index is 0.0447. The van der Waals surface area contributed by atoms with Gasteiger partial charge in [-0.25, -0.2) is 0 Å². The highest BCUT2D eigenvalue weighted by atomic mass is 16.3. The Morgan fingerprint density at radius 1 is 1.45 bits per heavy atom. The van der Waals surface area contributed by atoms with Gasteiger partial charge in [0.15, 0.2) is 0 Å². The van der Waals surface area contributed by atoms with E-state index in [9.17, 15) is 9.59 Å². The third kappa shape index (κ3) is 2.32. The molecule has 0 radical (unpaired) electrons. The largest absolute Gasteiger partial charge is 0.469 e. The minimum atomic E-state index is -0.470. The molecular weight excluding hydrogens is 256 g/mol. The molecule has 2 amide bonds. The van der Waals surface area contributed by atoms with Crippen molar-refractivity contribution < 1.29 is 14.0 Å². The van der Waals surface area contributed by atoms with Gasteiger partial charge in [-0.2, -0.15) is 0 Å². The number of nitrogens with one attached hydrogen (secondary N) is 1. The Balaban J connectivity index is 1.75. The highest BCUT2D eigenvalue weighted by Crippen LogP contribution is 2.30. The topological polar surface area (TPSA) is 62.6 Å². The summed E-state index contributed by atoms with van der Waals surface area (Å²) in [5.41, 5.74) is 0.640. The zero-order valence-electron chi connectivity index (χ0n) is 11.8. The van der Waals surface area contributed by atoms with Crippen LogP contribution in [0.4, 0.5) is 0 Å². The number of amides is 2. The zero-order chi connectivity index (χ0) is 14.2. The summed E-state index contributed by atoms with van der Waals surface area (Å²) < 4.78 is 5.45. The molecule has 3 heterocycles. The Bertz CT molecular complexity index is 525. The number of carbonyl (C=O) groups is 2. The van der Waals surface area contributed by atoms with E-state index in [-0.39, 0.29) is 11.8 Å². The van der Waals surface area contributed by atoms with Crippen LogP contribution in [0.2, 0.25) is 0 Å². The maximum absolute atomic E-state index is 12.8. The van der Waals surface area contributed by atoms with Crippen LogP contribution in [0.15, 0.2) is 16.7 Å². The van der Waals surface area contributed by atoms with Crippen molar-refractivity contribution in [2.24, 2.45) is 5.41 Å². The van der Waals surface area contributed by atoms with Crippen LogP contribution in [-0.4, -0.2) is 29.8 Å². The van der Waals surface area contributed by atoms with Crippen LogP contribution in [0, 0.1) is 5.41 Å². The third-order valence-electron chi connectivity index (χ3n) is 4.41. The van der Waals surface area contributed by atoms with Gasteiger partial charge in [-0.15, -0.1) is 0 Å². The van der Waals surface area contributed by atoms with E-state index < -0.39 is 5.41 Å². The van der Waals surface area contributed by atoms with Crippen molar-refractivity contribution in [2.75, 3.05) is 13.1 Å². The number of furan rings is 1. The molecule has 0 spiro atoms. The van der Waals surface area contributed by atoms with Crippen molar-refractivity contribution in [3.8, 4) is 0 Å². The van der Waals surface area contributed by atoms with Crippen LogP contribution in [-0.2, 0) is 22.6 Å². The molecule has 1 N–H and O–H groups in total. The van der Waals surface area contributed by atoms with Crippen molar-refractivity contribution >= 4 is 11.8 Å². The Morgan fingerprint density at radius 3 is 3.05 bits per heavy atom. The number of nitrogens with zero attached hydrogens (tertiary/aromatic N) is 1. The Kier molecular flexibility index (Phi) is 3.28. The molecule has 1 fully saturated rings. The van der Waals surface area contributed by atoms with E-state index in [1.54, 1.807) is 6.26 Å². The number of aryl methyl sites for hydroxylation is 1. The van der Waals surface area contributed by atoms with Gasteiger partial charge in [0, 0.05) is 38.0 Å². The summed E-state index contributed by atoms with van der Waals surface area (Å²) >= 11 is 0. The molecule has 2 aliphatic rings. The van der Waals surface area contributed by atoms with Gasteiger partial charge >= 0.3 is 0 Å². The first-order chi connectivity index (χ1) is 9.58. The van der Waals surface area contributed by atoms with Gasteiger partial charge in [0.25, 0.3) is 0 Å². The van der Waals surface area contributed by atoms with Crippen molar-refractivity contribution in [3.05, 3.63) is 23.7 Å². The third-order valence-corrected chi connectivity index (χ3v) is 4.41. The van der Waals surface area contributed by atoms with Gasteiger partial charge in [0.05, 0.1) is 11.7 Å². The normalized spacial score (nSPS) is 26.6. The molecule has 3 rings (SSSR count). The molecule has 0 aromatic carbocycles. The van der Waals surface area contributed by atoms with Crippen molar-refractivity contribution in [2.45, 2.75) is 39.2 Å². The van der Waals surface area contributed by atoms with Gasteiger partial charge in [-0.1, -0.05) is 0 Å². The molecule has 5 nitrogen and oxygen atoms in total. The summed E-state index contributed by atoms with van der Waals surface area (Å²) in [6.07, 6.45) is 4.58. The van der Waals surface area contributed by atoms with Gasteiger partial charge in [0.2, 0.25) is 11.8 Å². The molecule has 0 aliphatic carbocycles. The van der Waals surface area contributed by atoms with Crippen LogP contribution in [0.25, 0.3) is 0 Å². The van der Waals surface area contributed by atoms with Crippen LogP contribution in [0.5, 0.6) is 0 Å². The van der Waals surface area contributed by atoms with E-state index in [0.717, 1.165) is 30.7 Å². The van der Waals surface area contributed by atoms with E-state index in [4.69, 9.17) is 4.42 Å². The quantitative estimate of drug-likeness (QED) is 0.845. The first-order valence-corrected chi connectivity index (χ1v) is 7.20. The van der Waals surface area contributed by atoms with E-state index in [2.05, 4.69) is 5.32 Å². The highest BCUT2D eigenvalue weighted by Gasteiger charge is 2.40.